The summed E-state index contributed by atoms with van der Waals surface area (Å²) in [5.41, 5.74) is 0.471. The normalized spacial score (nSPS) is 10.1. The predicted molar refractivity (Wildman–Crippen MR) is 104 cm³/mol. The van der Waals surface area contributed by atoms with Crippen LogP contribution in [0.3, 0.4) is 0 Å². The van der Waals surface area contributed by atoms with Crippen LogP contribution < -0.4 is 19.5 Å². The number of carbonyl (C=O) groups is 1. The Morgan fingerprint density at radius 3 is 2.19 bits per heavy atom. The lowest BCUT2D eigenvalue weighted by molar-refractivity contribution is 0.0944. The molecule has 0 bridgehead atoms. The van der Waals surface area contributed by atoms with E-state index in [0.717, 1.165) is 0 Å². The number of amides is 1. The SMILES string of the molecule is COc1ccccc1OCCNC(=O)c1ccccc1Oc1ccccc1. The van der Waals surface area contributed by atoms with E-state index in [-0.39, 0.29) is 5.91 Å². The Bertz CT molecular complexity index is 880. The van der Waals surface area contributed by atoms with Crippen LogP contribution in [0.5, 0.6) is 23.0 Å². The zero-order valence-corrected chi connectivity index (χ0v) is 15.1. The minimum absolute atomic E-state index is 0.217. The molecule has 1 N–H and O–H groups in total. The molecule has 3 aromatic carbocycles. The first-order valence-corrected chi connectivity index (χ1v) is 8.64. The van der Waals surface area contributed by atoms with E-state index in [1.54, 1.807) is 25.3 Å². The van der Waals surface area contributed by atoms with Crippen LogP contribution in [-0.4, -0.2) is 26.2 Å². The Morgan fingerprint density at radius 1 is 0.815 bits per heavy atom. The summed E-state index contributed by atoms with van der Waals surface area (Å²) in [5.74, 6) is 2.27. The lowest BCUT2D eigenvalue weighted by Gasteiger charge is -2.13. The molecule has 0 aliphatic carbocycles. The molecule has 0 radical (unpaired) electrons. The van der Waals surface area contributed by atoms with Crippen LogP contribution in [-0.2, 0) is 0 Å². The van der Waals surface area contributed by atoms with Gasteiger partial charge in [-0.25, -0.2) is 0 Å². The Morgan fingerprint density at radius 2 is 1.44 bits per heavy atom. The first-order valence-electron chi connectivity index (χ1n) is 8.64. The molecule has 0 saturated carbocycles. The Hall–Kier alpha value is -3.47. The topological polar surface area (TPSA) is 56.8 Å². The second-order valence-electron chi connectivity index (χ2n) is 5.67. The van der Waals surface area contributed by atoms with Crippen molar-refractivity contribution in [1.82, 2.24) is 5.32 Å². The molecule has 0 heterocycles. The highest BCUT2D eigenvalue weighted by atomic mass is 16.5. The van der Waals surface area contributed by atoms with Crippen LogP contribution in [0.4, 0.5) is 0 Å². The molecular weight excluding hydrogens is 342 g/mol. The standard InChI is InChI=1S/C22H21NO4/c1-25-20-13-7-8-14-21(20)26-16-15-23-22(24)18-11-5-6-12-19(18)27-17-9-3-2-4-10-17/h2-14H,15-16H2,1H3,(H,23,24). The summed E-state index contributed by atoms with van der Waals surface area (Å²) in [5, 5.41) is 2.85. The average Bonchev–Trinajstić information content (AvgIpc) is 2.72. The molecular formula is C22H21NO4. The summed E-state index contributed by atoms with van der Waals surface area (Å²) in [7, 11) is 1.59. The number of hydrogen-bond donors (Lipinski definition) is 1. The Balaban J connectivity index is 1.57. The molecule has 0 fully saturated rings. The smallest absolute Gasteiger partial charge is 0.255 e. The summed E-state index contributed by atoms with van der Waals surface area (Å²) in [6, 6.07) is 23.9. The van der Waals surface area contributed by atoms with Gasteiger partial charge in [0.05, 0.1) is 19.2 Å². The number of benzene rings is 3. The van der Waals surface area contributed by atoms with Gasteiger partial charge < -0.3 is 19.5 Å². The van der Waals surface area contributed by atoms with Gasteiger partial charge in [-0.2, -0.15) is 0 Å². The molecule has 3 rings (SSSR count). The van der Waals surface area contributed by atoms with Gasteiger partial charge in [0.2, 0.25) is 0 Å². The van der Waals surface area contributed by atoms with Crippen molar-refractivity contribution in [2.45, 2.75) is 0 Å². The quantitative estimate of drug-likeness (QED) is 0.607. The van der Waals surface area contributed by atoms with Crippen molar-refractivity contribution in [2.75, 3.05) is 20.3 Å². The highest BCUT2D eigenvalue weighted by Gasteiger charge is 2.12. The number of nitrogens with one attached hydrogen (secondary N) is 1. The molecule has 0 spiro atoms. The molecule has 0 unspecified atom stereocenters. The second kappa shape index (κ2) is 9.29. The van der Waals surface area contributed by atoms with Gasteiger partial charge in [0.1, 0.15) is 18.1 Å². The Labute approximate surface area is 158 Å². The first kappa shape index (κ1) is 18.3. The molecule has 27 heavy (non-hydrogen) atoms. The van der Waals surface area contributed by atoms with Gasteiger partial charge >= 0.3 is 0 Å². The van der Waals surface area contributed by atoms with E-state index in [1.165, 1.54) is 0 Å². The number of rotatable bonds is 8. The molecule has 0 saturated heterocycles. The summed E-state index contributed by atoms with van der Waals surface area (Å²) in [4.78, 5) is 12.5. The van der Waals surface area contributed by atoms with Crippen molar-refractivity contribution in [3.05, 3.63) is 84.4 Å². The van der Waals surface area contributed by atoms with Crippen LogP contribution in [0.1, 0.15) is 10.4 Å². The van der Waals surface area contributed by atoms with Crippen molar-refractivity contribution in [2.24, 2.45) is 0 Å². The van der Waals surface area contributed by atoms with E-state index >= 15 is 0 Å². The molecule has 0 aliphatic rings. The van der Waals surface area contributed by atoms with Gasteiger partial charge in [0.25, 0.3) is 5.91 Å². The van der Waals surface area contributed by atoms with Gasteiger partial charge in [-0.05, 0) is 36.4 Å². The van der Waals surface area contributed by atoms with Crippen LogP contribution in [0.2, 0.25) is 0 Å². The molecule has 1 amide bonds. The Kier molecular flexibility index (Phi) is 6.30. The maximum Gasteiger partial charge on any atom is 0.255 e. The average molecular weight is 363 g/mol. The lowest BCUT2D eigenvalue weighted by atomic mass is 10.2. The van der Waals surface area contributed by atoms with Crippen molar-refractivity contribution in [3.8, 4) is 23.0 Å². The molecule has 5 nitrogen and oxygen atoms in total. The zero-order chi connectivity index (χ0) is 18.9. The van der Waals surface area contributed by atoms with Crippen LogP contribution in [0.25, 0.3) is 0 Å². The van der Waals surface area contributed by atoms with E-state index in [0.29, 0.717) is 41.7 Å². The first-order chi connectivity index (χ1) is 13.3. The largest absolute Gasteiger partial charge is 0.493 e. The number of hydrogen-bond acceptors (Lipinski definition) is 4. The minimum Gasteiger partial charge on any atom is -0.493 e. The summed E-state index contributed by atoms with van der Waals surface area (Å²) < 4.78 is 16.7. The van der Waals surface area contributed by atoms with E-state index in [9.17, 15) is 4.79 Å². The van der Waals surface area contributed by atoms with Crippen molar-refractivity contribution in [1.29, 1.82) is 0 Å². The second-order valence-corrected chi connectivity index (χ2v) is 5.67. The molecule has 0 aliphatic heterocycles. The van der Waals surface area contributed by atoms with Crippen LogP contribution in [0.15, 0.2) is 78.9 Å². The maximum atomic E-state index is 12.5. The van der Waals surface area contributed by atoms with Crippen LogP contribution >= 0.6 is 0 Å². The molecule has 5 heteroatoms. The zero-order valence-electron chi connectivity index (χ0n) is 15.1. The summed E-state index contributed by atoms with van der Waals surface area (Å²) >= 11 is 0. The third-order valence-electron chi connectivity index (χ3n) is 3.82. The highest BCUT2D eigenvalue weighted by Crippen LogP contribution is 2.26. The van der Waals surface area contributed by atoms with Gasteiger partial charge in [-0.3, -0.25) is 4.79 Å². The molecule has 3 aromatic rings. The number of para-hydroxylation sites is 4. The lowest BCUT2D eigenvalue weighted by Crippen LogP contribution is -2.28. The van der Waals surface area contributed by atoms with Gasteiger partial charge in [-0.15, -0.1) is 0 Å². The number of ether oxygens (including phenoxy) is 3. The molecule has 0 atom stereocenters. The number of methoxy groups -OCH3 is 1. The van der Waals surface area contributed by atoms with E-state index in [1.807, 2.05) is 60.7 Å². The fourth-order valence-corrected chi connectivity index (χ4v) is 2.52. The van der Waals surface area contributed by atoms with Gasteiger partial charge in [-0.1, -0.05) is 42.5 Å². The van der Waals surface area contributed by atoms with E-state index < -0.39 is 0 Å². The third kappa shape index (κ3) is 5.01. The van der Waals surface area contributed by atoms with Crippen molar-refractivity contribution < 1.29 is 19.0 Å². The third-order valence-corrected chi connectivity index (χ3v) is 3.82. The monoisotopic (exact) mass is 363 g/mol. The number of carbonyl (C=O) groups excluding carboxylic acids is 1. The highest BCUT2D eigenvalue weighted by molar-refractivity contribution is 5.97. The van der Waals surface area contributed by atoms with Gasteiger partial charge in [0.15, 0.2) is 11.5 Å². The maximum absolute atomic E-state index is 12.5. The molecule has 0 aromatic heterocycles. The summed E-state index contributed by atoms with van der Waals surface area (Å²) in [6.07, 6.45) is 0. The van der Waals surface area contributed by atoms with Crippen LogP contribution in [0, 0.1) is 0 Å². The van der Waals surface area contributed by atoms with E-state index in [2.05, 4.69) is 5.32 Å². The van der Waals surface area contributed by atoms with Gasteiger partial charge in [0, 0.05) is 0 Å². The summed E-state index contributed by atoms with van der Waals surface area (Å²) in [6.45, 7) is 0.685. The van der Waals surface area contributed by atoms with Crippen molar-refractivity contribution in [3.63, 3.8) is 0 Å². The molecule has 138 valence electrons. The fraction of sp³-hybridized carbons (Fsp3) is 0.136. The minimum atomic E-state index is -0.217. The predicted octanol–water partition coefficient (Wildman–Crippen LogP) is 4.30. The van der Waals surface area contributed by atoms with E-state index in [4.69, 9.17) is 14.2 Å². The fourth-order valence-electron chi connectivity index (χ4n) is 2.52. The van der Waals surface area contributed by atoms with Crippen molar-refractivity contribution >= 4 is 5.91 Å².